The number of rotatable bonds is 6. The molecule has 0 unspecified atom stereocenters. The van der Waals surface area contributed by atoms with Gasteiger partial charge in [-0.25, -0.2) is 8.42 Å². The van der Waals surface area contributed by atoms with Crippen LogP contribution in [-0.2, 0) is 22.9 Å². The first-order valence-electron chi connectivity index (χ1n) is 15.9. The lowest BCUT2D eigenvalue weighted by atomic mass is 9.97. The maximum Gasteiger partial charge on any atom is 0.263 e. The molecule has 0 bridgehead atoms. The number of hydrogen-bond acceptors (Lipinski definition) is 14. The summed E-state index contributed by atoms with van der Waals surface area (Å²) < 4.78 is 27.6. The van der Waals surface area contributed by atoms with E-state index in [2.05, 4.69) is 0 Å². The first-order valence-corrected chi connectivity index (χ1v) is 17.7. The van der Waals surface area contributed by atoms with Gasteiger partial charge in [-0.2, -0.15) is 0 Å². The summed E-state index contributed by atoms with van der Waals surface area (Å²) in [7, 11) is -4.24. The predicted octanol–water partition coefficient (Wildman–Crippen LogP) is -0.715. The topological polar surface area (TPSA) is 285 Å². The second kappa shape index (κ2) is 11.0. The molecule has 0 fully saturated rings. The molecule has 0 aliphatic heterocycles. The van der Waals surface area contributed by atoms with E-state index in [9.17, 15) is 46.8 Å². The zero-order valence-corrected chi connectivity index (χ0v) is 28.0. The minimum absolute atomic E-state index is 0.0337. The molecule has 53 heavy (non-hydrogen) atoms. The van der Waals surface area contributed by atoms with Crippen LogP contribution in [0, 0.1) is 0 Å². The molecule has 0 amide bonds. The highest BCUT2D eigenvalue weighted by atomic mass is 32.2. The Kier molecular flexibility index (Phi) is 6.88. The van der Waals surface area contributed by atoms with Crippen LogP contribution in [0.15, 0.2) is 86.9 Å². The first-order chi connectivity index (χ1) is 25.1. The highest BCUT2D eigenvalue weighted by Crippen LogP contribution is 2.33. The average Bonchev–Trinajstić information content (AvgIpc) is 3.54. The standard InChI is InChI=1S/C36H24N6O10S/c37-25-17-18(30(44)14-6-2-1-5-13(14)29(17)43)26(38)22-21(25)33(47)41(34(22)48)9-11-53(51,52)12-10-42-35(49)23-24(36(42)50)28(40)20-19(27(23)39)31(45)15-7-3-4-8-16(15)32(20)46/h1-8H,9-12,37-40H2. The summed E-state index contributed by atoms with van der Waals surface area (Å²) in [4.78, 5) is 107. The number of aromatic nitrogens is 2. The molecule has 6 aromatic carbocycles. The van der Waals surface area contributed by atoms with Gasteiger partial charge >= 0.3 is 0 Å². The highest BCUT2D eigenvalue weighted by Gasteiger charge is 2.28. The minimum atomic E-state index is -4.24. The number of fused-ring (bicyclic) bond motifs is 6. The van der Waals surface area contributed by atoms with Gasteiger partial charge in [0.1, 0.15) is 0 Å². The Balaban J connectivity index is 1.17. The van der Waals surface area contributed by atoms with E-state index in [0.717, 1.165) is 0 Å². The Hall–Kier alpha value is -7.01. The SMILES string of the molecule is Nc1c2c(=O)c3ccccc3c(=O)c2c(N)c2c(=O)n(CCS(=O)(=O)CCn3c(=O)c4c(N)c5c(=O)c6ccccc6c(=O)c5c(N)c4c3=O)c(=O)c12. The van der Waals surface area contributed by atoms with Crippen molar-refractivity contribution in [2.75, 3.05) is 34.4 Å². The molecular formula is C36H24N6O10S. The summed E-state index contributed by atoms with van der Waals surface area (Å²) in [6.45, 7) is -1.42. The van der Waals surface area contributed by atoms with Crippen LogP contribution in [0.3, 0.4) is 0 Å². The molecule has 8 N–H and O–H groups in total. The summed E-state index contributed by atoms with van der Waals surface area (Å²) in [5.41, 5.74) is 16.3. The zero-order valence-electron chi connectivity index (χ0n) is 27.1. The van der Waals surface area contributed by atoms with Gasteiger partial charge in [0.05, 0.1) is 77.3 Å². The number of nitrogens with zero attached hydrogens (tertiary/aromatic N) is 2. The van der Waals surface area contributed by atoms with E-state index in [1.54, 1.807) is 0 Å². The Morgan fingerprint density at radius 1 is 0.396 bits per heavy atom. The lowest BCUT2D eigenvalue weighted by Gasteiger charge is -2.07. The molecule has 2 heterocycles. The molecule has 0 spiro atoms. The van der Waals surface area contributed by atoms with Crippen molar-refractivity contribution in [3.05, 3.63) is 131 Å². The molecular weight excluding hydrogens is 708 g/mol. The van der Waals surface area contributed by atoms with Crippen LogP contribution in [0.2, 0.25) is 0 Å². The largest absolute Gasteiger partial charge is 0.397 e. The van der Waals surface area contributed by atoms with Gasteiger partial charge in [-0.3, -0.25) is 47.5 Å². The fourth-order valence-corrected chi connectivity index (χ4v) is 8.53. The van der Waals surface area contributed by atoms with Crippen molar-refractivity contribution < 1.29 is 8.42 Å². The first kappa shape index (κ1) is 33.2. The molecule has 17 heteroatoms. The van der Waals surface area contributed by atoms with Crippen LogP contribution >= 0.6 is 0 Å². The molecule has 8 aromatic rings. The Labute approximate surface area is 292 Å². The van der Waals surface area contributed by atoms with Crippen LogP contribution in [0.4, 0.5) is 22.7 Å². The van der Waals surface area contributed by atoms with Crippen LogP contribution in [0.25, 0.3) is 64.6 Å². The van der Waals surface area contributed by atoms with E-state index >= 15 is 0 Å². The summed E-state index contributed by atoms with van der Waals surface area (Å²) in [5, 5.41) is -2.94. The molecule has 0 aliphatic rings. The lowest BCUT2D eigenvalue weighted by Crippen LogP contribution is -2.32. The number of sulfone groups is 1. The van der Waals surface area contributed by atoms with Gasteiger partial charge in [0, 0.05) is 34.6 Å². The van der Waals surface area contributed by atoms with Crippen molar-refractivity contribution in [3.8, 4) is 0 Å². The van der Waals surface area contributed by atoms with Gasteiger partial charge in [-0.1, -0.05) is 48.5 Å². The van der Waals surface area contributed by atoms with Gasteiger partial charge in [0.15, 0.2) is 31.6 Å². The van der Waals surface area contributed by atoms with Gasteiger partial charge in [0.2, 0.25) is 0 Å². The number of hydrogen-bond donors (Lipinski definition) is 4. The highest BCUT2D eigenvalue weighted by molar-refractivity contribution is 7.91. The summed E-state index contributed by atoms with van der Waals surface area (Å²) in [6.07, 6.45) is 0. The molecule has 8 rings (SSSR count). The molecule has 0 radical (unpaired) electrons. The van der Waals surface area contributed by atoms with E-state index < -0.39 is 123 Å². The van der Waals surface area contributed by atoms with E-state index in [4.69, 9.17) is 22.9 Å². The molecule has 0 aliphatic carbocycles. The number of nitrogen functional groups attached to an aromatic ring is 4. The van der Waals surface area contributed by atoms with Gasteiger partial charge < -0.3 is 22.9 Å². The van der Waals surface area contributed by atoms with Crippen LogP contribution in [0.5, 0.6) is 0 Å². The maximum absolute atomic E-state index is 13.5. The smallest absolute Gasteiger partial charge is 0.263 e. The monoisotopic (exact) mass is 732 g/mol. The molecule has 0 saturated carbocycles. The van der Waals surface area contributed by atoms with Crippen LogP contribution in [-0.4, -0.2) is 29.1 Å². The van der Waals surface area contributed by atoms with Crippen molar-refractivity contribution >= 4 is 97.2 Å². The molecule has 0 saturated heterocycles. The van der Waals surface area contributed by atoms with E-state index in [1.807, 2.05) is 0 Å². The summed E-state index contributed by atoms with van der Waals surface area (Å²) in [6, 6.07) is 11.8. The van der Waals surface area contributed by atoms with Gasteiger partial charge in [-0.15, -0.1) is 0 Å². The van der Waals surface area contributed by atoms with Crippen LogP contribution in [0.1, 0.15) is 0 Å². The minimum Gasteiger partial charge on any atom is -0.397 e. The third-order valence-electron chi connectivity index (χ3n) is 9.98. The normalized spacial score (nSPS) is 12.4. The van der Waals surface area contributed by atoms with Crippen molar-refractivity contribution in [2.24, 2.45) is 0 Å². The third kappa shape index (κ3) is 4.30. The van der Waals surface area contributed by atoms with Crippen LogP contribution < -0.4 is 66.9 Å². The fraction of sp³-hybridized carbons (Fsp3) is 0.111. The van der Waals surface area contributed by atoms with Crippen molar-refractivity contribution in [2.45, 2.75) is 13.1 Å². The van der Waals surface area contributed by atoms with Crippen molar-refractivity contribution in [1.29, 1.82) is 0 Å². The van der Waals surface area contributed by atoms with Gasteiger partial charge in [-0.05, 0) is 0 Å². The number of benzene rings is 6. The Morgan fingerprint density at radius 3 is 0.849 bits per heavy atom. The zero-order chi connectivity index (χ0) is 38.0. The number of nitrogens with two attached hydrogens (primary N) is 4. The molecule has 16 nitrogen and oxygen atoms in total. The Bertz CT molecular complexity index is 3150. The van der Waals surface area contributed by atoms with Crippen molar-refractivity contribution in [1.82, 2.24) is 9.13 Å². The number of anilines is 4. The maximum atomic E-state index is 13.5. The molecule has 2 aromatic heterocycles. The second-order valence-electron chi connectivity index (χ2n) is 12.7. The second-order valence-corrected chi connectivity index (χ2v) is 15.0. The fourth-order valence-electron chi connectivity index (χ4n) is 7.40. The van der Waals surface area contributed by atoms with Gasteiger partial charge in [0.25, 0.3) is 22.2 Å². The average molecular weight is 733 g/mol. The lowest BCUT2D eigenvalue weighted by molar-refractivity contribution is 0.578. The van der Waals surface area contributed by atoms with E-state index in [0.29, 0.717) is 9.13 Å². The Morgan fingerprint density at radius 2 is 0.623 bits per heavy atom. The van der Waals surface area contributed by atoms with E-state index in [-0.39, 0.29) is 43.1 Å². The third-order valence-corrected chi connectivity index (χ3v) is 11.6. The molecule has 264 valence electrons. The molecule has 0 atom stereocenters. The van der Waals surface area contributed by atoms with E-state index in [1.165, 1.54) is 48.5 Å². The summed E-state index contributed by atoms with van der Waals surface area (Å²) >= 11 is 0. The predicted molar refractivity (Wildman–Crippen MR) is 205 cm³/mol. The quantitative estimate of drug-likeness (QED) is 0.0933. The summed E-state index contributed by atoms with van der Waals surface area (Å²) in [5.74, 6) is -1.66. The van der Waals surface area contributed by atoms with Crippen molar-refractivity contribution in [3.63, 3.8) is 0 Å².